The summed E-state index contributed by atoms with van der Waals surface area (Å²) in [6, 6.07) is 17.3. The number of amides is 1. The van der Waals surface area contributed by atoms with Gasteiger partial charge < -0.3 is 9.64 Å². The van der Waals surface area contributed by atoms with Gasteiger partial charge in [0.1, 0.15) is 11.4 Å². The molecule has 0 spiro atoms. The van der Waals surface area contributed by atoms with Gasteiger partial charge in [-0.15, -0.1) is 0 Å². The van der Waals surface area contributed by atoms with Crippen LogP contribution < -0.4 is 4.74 Å². The van der Waals surface area contributed by atoms with Gasteiger partial charge in [0.05, 0.1) is 18.8 Å². The van der Waals surface area contributed by atoms with Crippen LogP contribution in [0.1, 0.15) is 41.4 Å². The second-order valence-corrected chi connectivity index (χ2v) is 6.90. The van der Waals surface area contributed by atoms with E-state index in [0.717, 1.165) is 42.8 Å². The quantitative estimate of drug-likeness (QED) is 0.675. The Bertz CT molecular complexity index is 942. The Morgan fingerprint density at radius 3 is 2.57 bits per heavy atom. The molecule has 1 aromatic carbocycles. The molecule has 0 N–H and O–H groups in total. The Labute approximate surface area is 165 Å². The Kier molecular flexibility index (Phi) is 5.33. The number of likely N-dealkylation sites (tertiary alicyclic amines) is 1. The lowest BCUT2D eigenvalue weighted by atomic mass is 9.97. The minimum Gasteiger partial charge on any atom is -0.494 e. The number of carbonyl (C=O) groups is 1. The Balaban J connectivity index is 1.59. The molecular formula is C23H23N3O2. The summed E-state index contributed by atoms with van der Waals surface area (Å²) in [4.78, 5) is 24.1. The lowest BCUT2D eigenvalue weighted by Crippen LogP contribution is -2.38. The summed E-state index contributed by atoms with van der Waals surface area (Å²) in [5, 5.41) is 0. The van der Waals surface area contributed by atoms with Gasteiger partial charge in [-0.2, -0.15) is 0 Å². The number of carbonyl (C=O) groups excluding carboxylic acids is 1. The molecule has 1 unspecified atom stereocenters. The van der Waals surface area contributed by atoms with Crippen LogP contribution in [0.15, 0.2) is 67.0 Å². The van der Waals surface area contributed by atoms with Gasteiger partial charge in [0.15, 0.2) is 0 Å². The maximum absolute atomic E-state index is 13.2. The van der Waals surface area contributed by atoms with Crippen molar-refractivity contribution in [3.8, 4) is 17.0 Å². The molecule has 1 amide bonds. The van der Waals surface area contributed by atoms with Crippen LogP contribution in [0.5, 0.6) is 5.75 Å². The summed E-state index contributed by atoms with van der Waals surface area (Å²) in [5.41, 5.74) is 3.34. The van der Waals surface area contributed by atoms with Crippen molar-refractivity contribution in [2.45, 2.75) is 25.3 Å². The summed E-state index contributed by atoms with van der Waals surface area (Å²) in [7, 11) is 1.63. The molecule has 1 fully saturated rings. The lowest BCUT2D eigenvalue weighted by Gasteiger charge is -2.35. The number of hydrogen-bond donors (Lipinski definition) is 0. The molecular weight excluding hydrogens is 350 g/mol. The van der Waals surface area contributed by atoms with E-state index in [9.17, 15) is 4.79 Å². The molecule has 3 heterocycles. The highest BCUT2D eigenvalue weighted by atomic mass is 16.5. The van der Waals surface area contributed by atoms with Crippen molar-refractivity contribution in [3.05, 3.63) is 78.2 Å². The largest absolute Gasteiger partial charge is 0.494 e. The van der Waals surface area contributed by atoms with Gasteiger partial charge in [-0.05, 0) is 55.7 Å². The predicted molar refractivity (Wildman–Crippen MR) is 108 cm³/mol. The number of rotatable bonds is 4. The normalized spacial score (nSPS) is 16.6. The molecule has 142 valence electrons. The fourth-order valence-electron chi connectivity index (χ4n) is 3.76. The van der Waals surface area contributed by atoms with Crippen LogP contribution in [-0.4, -0.2) is 34.4 Å². The third kappa shape index (κ3) is 3.60. The molecule has 0 saturated carbocycles. The minimum absolute atomic E-state index is 0.0398. The number of pyridine rings is 2. The van der Waals surface area contributed by atoms with Crippen molar-refractivity contribution in [2.75, 3.05) is 13.7 Å². The number of benzene rings is 1. The predicted octanol–water partition coefficient (Wildman–Crippen LogP) is 4.52. The SMILES string of the molecule is COc1cccnc1-c1ccc(C(=O)N2CCCCC2c2ccccn2)cc1. The number of hydrogen-bond acceptors (Lipinski definition) is 4. The van der Waals surface area contributed by atoms with Crippen LogP contribution in [0.3, 0.4) is 0 Å². The first-order valence-corrected chi connectivity index (χ1v) is 9.59. The third-order valence-corrected chi connectivity index (χ3v) is 5.19. The van der Waals surface area contributed by atoms with Crippen LogP contribution >= 0.6 is 0 Å². The van der Waals surface area contributed by atoms with E-state index >= 15 is 0 Å². The highest BCUT2D eigenvalue weighted by Gasteiger charge is 2.29. The van der Waals surface area contributed by atoms with Gasteiger partial charge in [0, 0.05) is 30.1 Å². The van der Waals surface area contributed by atoms with Crippen molar-refractivity contribution in [3.63, 3.8) is 0 Å². The molecule has 0 aliphatic carbocycles. The molecule has 1 aliphatic rings. The zero-order valence-corrected chi connectivity index (χ0v) is 15.9. The summed E-state index contributed by atoms with van der Waals surface area (Å²) in [6.45, 7) is 0.760. The van der Waals surface area contributed by atoms with E-state index in [1.54, 1.807) is 19.5 Å². The van der Waals surface area contributed by atoms with Gasteiger partial charge in [-0.3, -0.25) is 14.8 Å². The number of ether oxygens (including phenoxy) is 1. The van der Waals surface area contributed by atoms with Crippen LogP contribution in [0.2, 0.25) is 0 Å². The van der Waals surface area contributed by atoms with E-state index < -0.39 is 0 Å². The van der Waals surface area contributed by atoms with Crippen molar-refractivity contribution >= 4 is 5.91 Å². The first-order chi connectivity index (χ1) is 13.8. The van der Waals surface area contributed by atoms with Crippen molar-refractivity contribution in [2.24, 2.45) is 0 Å². The van der Waals surface area contributed by atoms with Crippen LogP contribution in [0.4, 0.5) is 0 Å². The Morgan fingerprint density at radius 2 is 1.82 bits per heavy atom. The van der Waals surface area contributed by atoms with Gasteiger partial charge in [-0.25, -0.2) is 0 Å². The van der Waals surface area contributed by atoms with E-state index in [0.29, 0.717) is 11.3 Å². The number of nitrogens with zero attached hydrogens (tertiary/aromatic N) is 3. The summed E-state index contributed by atoms with van der Waals surface area (Å²) in [5.74, 6) is 0.766. The maximum atomic E-state index is 13.2. The van der Waals surface area contributed by atoms with Gasteiger partial charge >= 0.3 is 0 Å². The van der Waals surface area contributed by atoms with Crippen LogP contribution in [0.25, 0.3) is 11.3 Å². The lowest BCUT2D eigenvalue weighted by molar-refractivity contribution is 0.0606. The maximum Gasteiger partial charge on any atom is 0.254 e. The van der Waals surface area contributed by atoms with Crippen LogP contribution in [-0.2, 0) is 0 Å². The fraction of sp³-hybridized carbons (Fsp3) is 0.261. The summed E-state index contributed by atoms with van der Waals surface area (Å²) in [6.07, 6.45) is 6.62. The van der Waals surface area contributed by atoms with E-state index in [1.807, 2.05) is 59.5 Å². The monoisotopic (exact) mass is 373 g/mol. The molecule has 1 atom stereocenters. The molecule has 3 aromatic rings. The topological polar surface area (TPSA) is 55.3 Å². The summed E-state index contributed by atoms with van der Waals surface area (Å²) >= 11 is 0. The van der Waals surface area contributed by atoms with Gasteiger partial charge in [0.25, 0.3) is 5.91 Å². The van der Waals surface area contributed by atoms with Gasteiger partial charge in [-0.1, -0.05) is 18.2 Å². The molecule has 28 heavy (non-hydrogen) atoms. The Morgan fingerprint density at radius 1 is 1.00 bits per heavy atom. The van der Waals surface area contributed by atoms with E-state index in [2.05, 4.69) is 9.97 Å². The highest BCUT2D eigenvalue weighted by Crippen LogP contribution is 2.32. The van der Waals surface area contributed by atoms with E-state index in [1.165, 1.54) is 0 Å². The second-order valence-electron chi connectivity index (χ2n) is 6.90. The van der Waals surface area contributed by atoms with E-state index in [4.69, 9.17) is 4.74 Å². The molecule has 0 radical (unpaired) electrons. The first-order valence-electron chi connectivity index (χ1n) is 9.59. The zero-order valence-electron chi connectivity index (χ0n) is 15.9. The third-order valence-electron chi connectivity index (χ3n) is 5.19. The number of methoxy groups -OCH3 is 1. The molecule has 2 aromatic heterocycles. The molecule has 5 heteroatoms. The molecule has 1 aliphatic heterocycles. The number of piperidine rings is 1. The highest BCUT2D eigenvalue weighted by molar-refractivity contribution is 5.95. The minimum atomic E-state index is 0.0398. The van der Waals surface area contributed by atoms with Crippen LogP contribution in [0, 0.1) is 0 Å². The molecule has 0 bridgehead atoms. The Hall–Kier alpha value is -3.21. The molecule has 5 nitrogen and oxygen atoms in total. The smallest absolute Gasteiger partial charge is 0.254 e. The van der Waals surface area contributed by atoms with Crippen molar-refractivity contribution in [1.82, 2.24) is 14.9 Å². The molecule has 4 rings (SSSR count). The fourth-order valence-corrected chi connectivity index (χ4v) is 3.76. The first kappa shape index (κ1) is 18.2. The van der Waals surface area contributed by atoms with Gasteiger partial charge in [0.2, 0.25) is 0 Å². The second kappa shape index (κ2) is 8.21. The number of aromatic nitrogens is 2. The zero-order chi connectivity index (χ0) is 19.3. The average molecular weight is 373 g/mol. The summed E-state index contributed by atoms with van der Waals surface area (Å²) < 4.78 is 5.39. The standard InChI is InChI=1S/C23H23N3O2/c1-28-21-9-6-15-25-22(21)17-10-12-18(13-11-17)23(27)26-16-5-3-8-20(26)19-7-2-4-14-24-19/h2,4,6-7,9-15,20H,3,5,8,16H2,1H3. The van der Waals surface area contributed by atoms with Crippen molar-refractivity contribution < 1.29 is 9.53 Å². The average Bonchev–Trinajstić information content (AvgIpc) is 2.79. The van der Waals surface area contributed by atoms with E-state index in [-0.39, 0.29) is 11.9 Å². The molecule has 1 saturated heterocycles. The van der Waals surface area contributed by atoms with Crippen molar-refractivity contribution in [1.29, 1.82) is 0 Å².